The molecule has 1 fully saturated rings. The van der Waals surface area contributed by atoms with Crippen LogP contribution in [0.5, 0.6) is 0 Å². The molecule has 2 aliphatic rings. The Morgan fingerprint density at radius 1 is 1.39 bits per heavy atom. The second-order valence-electron chi connectivity index (χ2n) is 8.73. The summed E-state index contributed by atoms with van der Waals surface area (Å²) in [5.74, 6) is 0.452. The zero-order chi connectivity index (χ0) is 20.8. The van der Waals surface area contributed by atoms with Crippen LogP contribution in [-0.2, 0) is 4.79 Å². The number of hydrogen-bond acceptors (Lipinski definition) is 4. The van der Waals surface area contributed by atoms with Crippen molar-refractivity contribution in [2.75, 3.05) is 11.4 Å². The summed E-state index contributed by atoms with van der Waals surface area (Å²) >= 11 is 6.75. The molecule has 0 saturated carbocycles. The van der Waals surface area contributed by atoms with Crippen molar-refractivity contribution in [1.82, 2.24) is 4.90 Å². The van der Waals surface area contributed by atoms with E-state index in [1.54, 1.807) is 11.0 Å². The molecule has 1 saturated heterocycles. The molecule has 1 atom stereocenters. The predicted molar refractivity (Wildman–Crippen MR) is 126 cm³/mol. The molecular weight excluding hydrogens is 384 g/mol. The quantitative estimate of drug-likeness (QED) is 0.348. The number of carbonyl (C=O) groups is 1. The lowest BCUT2D eigenvalue weighted by Crippen LogP contribution is -2.51. The SMILES string of the molecule is C=CCN1C(=O)/C(=C/c2cc3c(cc2C)N(C(C)C)C(C)(C)CC3C)SC1=S. The van der Waals surface area contributed by atoms with Crippen molar-refractivity contribution in [3.8, 4) is 0 Å². The van der Waals surface area contributed by atoms with Gasteiger partial charge in [0.05, 0.1) is 4.91 Å². The van der Waals surface area contributed by atoms with Crippen LogP contribution in [0.4, 0.5) is 5.69 Å². The lowest BCUT2D eigenvalue weighted by Gasteiger charge is -2.50. The molecule has 28 heavy (non-hydrogen) atoms. The fourth-order valence-corrected chi connectivity index (χ4v) is 5.94. The van der Waals surface area contributed by atoms with Gasteiger partial charge < -0.3 is 4.90 Å². The molecule has 0 aromatic heterocycles. The molecule has 0 aliphatic carbocycles. The number of benzene rings is 1. The van der Waals surface area contributed by atoms with Gasteiger partial charge in [-0.15, -0.1) is 6.58 Å². The van der Waals surface area contributed by atoms with Crippen LogP contribution in [0.25, 0.3) is 6.08 Å². The molecule has 1 aromatic carbocycles. The van der Waals surface area contributed by atoms with Crippen LogP contribution in [0.3, 0.4) is 0 Å². The number of carbonyl (C=O) groups excluding carboxylic acids is 1. The largest absolute Gasteiger partial charge is 0.364 e. The number of amides is 1. The zero-order valence-corrected chi connectivity index (χ0v) is 19.3. The fourth-order valence-electron chi connectivity index (χ4n) is 4.67. The third kappa shape index (κ3) is 3.67. The first-order valence-electron chi connectivity index (χ1n) is 9.87. The number of anilines is 1. The maximum Gasteiger partial charge on any atom is 0.266 e. The first-order valence-corrected chi connectivity index (χ1v) is 11.1. The minimum absolute atomic E-state index is 0.0231. The van der Waals surface area contributed by atoms with Crippen LogP contribution in [0.15, 0.2) is 29.7 Å². The fraction of sp³-hybridized carbons (Fsp3) is 0.478. The van der Waals surface area contributed by atoms with Crippen molar-refractivity contribution in [3.05, 3.63) is 46.4 Å². The van der Waals surface area contributed by atoms with Gasteiger partial charge in [0.1, 0.15) is 4.32 Å². The van der Waals surface area contributed by atoms with Crippen molar-refractivity contribution in [3.63, 3.8) is 0 Å². The lowest BCUT2D eigenvalue weighted by molar-refractivity contribution is -0.121. The Kier molecular flexibility index (Phi) is 5.79. The van der Waals surface area contributed by atoms with Gasteiger partial charge in [0, 0.05) is 23.8 Å². The number of thioether (sulfide) groups is 1. The Morgan fingerprint density at radius 3 is 2.68 bits per heavy atom. The number of rotatable bonds is 4. The van der Waals surface area contributed by atoms with Crippen molar-refractivity contribution in [1.29, 1.82) is 0 Å². The molecule has 150 valence electrons. The summed E-state index contributed by atoms with van der Waals surface area (Å²) in [6.07, 6.45) is 4.83. The van der Waals surface area contributed by atoms with Gasteiger partial charge >= 0.3 is 0 Å². The van der Waals surface area contributed by atoms with Crippen LogP contribution < -0.4 is 4.90 Å². The third-order valence-electron chi connectivity index (χ3n) is 5.65. The number of thiocarbonyl (C=S) groups is 1. The van der Waals surface area contributed by atoms with Gasteiger partial charge in [0.15, 0.2) is 0 Å². The normalized spacial score (nSPS) is 23.0. The second kappa shape index (κ2) is 7.68. The Balaban J connectivity index is 2.05. The molecule has 3 rings (SSSR count). The second-order valence-corrected chi connectivity index (χ2v) is 10.4. The van der Waals surface area contributed by atoms with Gasteiger partial charge in [-0.2, -0.15) is 0 Å². The molecule has 0 radical (unpaired) electrons. The third-order valence-corrected chi connectivity index (χ3v) is 7.03. The summed E-state index contributed by atoms with van der Waals surface area (Å²) in [7, 11) is 0. The van der Waals surface area contributed by atoms with E-state index < -0.39 is 0 Å². The molecule has 0 bridgehead atoms. The van der Waals surface area contributed by atoms with Crippen LogP contribution in [-0.4, -0.2) is 33.3 Å². The van der Waals surface area contributed by atoms with Crippen molar-refractivity contribution in [2.24, 2.45) is 0 Å². The lowest BCUT2D eigenvalue weighted by atomic mass is 9.78. The van der Waals surface area contributed by atoms with E-state index >= 15 is 0 Å². The van der Waals surface area contributed by atoms with E-state index in [1.165, 1.54) is 28.6 Å². The highest BCUT2D eigenvalue weighted by molar-refractivity contribution is 8.26. The smallest absolute Gasteiger partial charge is 0.266 e. The molecule has 0 spiro atoms. The Hall–Kier alpha value is -1.59. The Labute approximate surface area is 178 Å². The predicted octanol–water partition coefficient (Wildman–Crippen LogP) is 5.88. The first-order chi connectivity index (χ1) is 13.1. The topological polar surface area (TPSA) is 23.6 Å². The van der Waals surface area contributed by atoms with Crippen LogP contribution >= 0.6 is 24.0 Å². The molecular formula is C23H30N2OS2. The van der Waals surface area contributed by atoms with Crippen molar-refractivity contribution < 1.29 is 4.79 Å². The average Bonchev–Trinajstić information content (AvgIpc) is 2.83. The van der Waals surface area contributed by atoms with E-state index in [-0.39, 0.29) is 11.4 Å². The molecule has 5 heteroatoms. The summed E-state index contributed by atoms with van der Waals surface area (Å²) < 4.78 is 0.605. The van der Waals surface area contributed by atoms with E-state index in [1.807, 2.05) is 6.08 Å². The standard InChI is InChI=1S/C23H30N2OS2/c1-8-9-24-21(26)20(28-22(24)27)12-17-11-18-16(5)13-23(6,7)25(14(2)3)19(18)10-15(17)4/h8,10-12,14,16H,1,9,13H2,2-7H3/b20-12-. The number of nitrogens with zero attached hydrogens (tertiary/aromatic N) is 2. The van der Waals surface area contributed by atoms with Gasteiger partial charge in [-0.1, -0.05) is 37.0 Å². The van der Waals surface area contributed by atoms with E-state index in [4.69, 9.17) is 12.2 Å². The monoisotopic (exact) mass is 414 g/mol. The van der Waals surface area contributed by atoms with E-state index in [2.05, 4.69) is 65.2 Å². The molecule has 1 aromatic rings. The molecule has 0 N–H and O–H groups in total. The van der Waals surface area contributed by atoms with Crippen molar-refractivity contribution >= 4 is 46.0 Å². The highest BCUT2D eigenvalue weighted by Crippen LogP contribution is 2.46. The van der Waals surface area contributed by atoms with Crippen LogP contribution in [0.2, 0.25) is 0 Å². The summed E-state index contributed by atoms with van der Waals surface area (Å²) in [4.78, 5) is 17.5. The minimum Gasteiger partial charge on any atom is -0.364 e. The van der Waals surface area contributed by atoms with Gasteiger partial charge in [-0.3, -0.25) is 9.69 Å². The summed E-state index contributed by atoms with van der Waals surface area (Å²) in [5.41, 5.74) is 5.11. The van der Waals surface area contributed by atoms with E-state index in [0.717, 1.165) is 12.0 Å². The van der Waals surface area contributed by atoms with Crippen molar-refractivity contribution in [2.45, 2.75) is 65.5 Å². The maximum absolute atomic E-state index is 12.7. The highest BCUT2D eigenvalue weighted by Gasteiger charge is 2.38. The van der Waals surface area contributed by atoms with Crippen LogP contribution in [0.1, 0.15) is 63.6 Å². The molecule has 2 heterocycles. The average molecular weight is 415 g/mol. The van der Waals surface area contributed by atoms with E-state index in [9.17, 15) is 4.79 Å². The minimum atomic E-state index is -0.0231. The van der Waals surface area contributed by atoms with Crippen LogP contribution in [0, 0.1) is 6.92 Å². The highest BCUT2D eigenvalue weighted by atomic mass is 32.2. The summed E-state index contributed by atoms with van der Waals surface area (Å²) in [6, 6.07) is 5.00. The molecule has 2 aliphatic heterocycles. The summed E-state index contributed by atoms with van der Waals surface area (Å²) in [6.45, 7) is 17.8. The first kappa shape index (κ1) is 21.1. The number of fused-ring (bicyclic) bond motifs is 1. The van der Waals surface area contributed by atoms with Gasteiger partial charge in [0.2, 0.25) is 0 Å². The number of aryl methyl sites for hydroxylation is 1. The molecule has 3 nitrogen and oxygen atoms in total. The molecule has 1 unspecified atom stereocenters. The van der Waals surface area contributed by atoms with E-state index in [0.29, 0.717) is 27.7 Å². The Morgan fingerprint density at radius 2 is 2.07 bits per heavy atom. The molecule has 1 amide bonds. The van der Waals surface area contributed by atoms with Gasteiger partial charge in [-0.05, 0) is 81.9 Å². The van der Waals surface area contributed by atoms with Gasteiger partial charge in [0.25, 0.3) is 5.91 Å². The van der Waals surface area contributed by atoms with Gasteiger partial charge in [-0.25, -0.2) is 0 Å². The maximum atomic E-state index is 12.7. The Bertz CT molecular complexity index is 870. The zero-order valence-electron chi connectivity index (χ0n) is 17.7. The summed E-state index contributed by atoms with van der Waals surface area (Å²) in [5, 5.41) is 0. The number of hydrogen-bond donors (Lipinski definition) is 0.